The van der Waals surface area contributed by atoms with E-state index < -0.39 is 23.4 Å². The molecule has 8 nitrogen and oxygen atoms in total. The van der Waals surface area contributed by atoms with Crippen molar-refractivity contribution in [2.45, 2.75) is 52.9 Å². The molecule has 0 bridgehead atoms. The standard InChI is InChI=1S/C29H37NO7/c1-19(2)18-36-23-14-12-22(13-15-23)11-8-10-21(4)27(32)26-24(31)17-25(37-28(26)33)20(3)9-6-7-16-30-29(34)35-5/h7-8,11-17,19-21,31H,6,9-10,18H2,1-5H3,(H,30,34)/b11-8?,16-7+. The van der Waals surface area contributed by atoms with Crippen LogP contribution in [0.4, 0.5) is 4.79 Å². The van der Waals surface area contributed by atoms with E-state index in [0.717, 1.165) is 11.3 Å². The fourth-order valence-corrected chi connectivity index (χ4v) is 3.43. The highest BCUT2D eigenvalue weighted by Crippen LogP contribution is 2.26. The molecular weight excluding hydrogens is 474 g/mol. The van der Waals surface area contributed by atoms with Gasteiger partial charge in [0.15, 0.2) is 5.78 Å². The monoisotopic (exact) mass is 511 g/mol. The first kappa shape index (κ1) is 29.4. The van der Waals surface area contributed by atoms with E-state index >= 15 is 0 Å². The zero-order valence-electron chi connectivity index (χ0n) is 22.2. The summed E-state index contributed by atoms with van der Waals surface area (Å²) in [7, 11) is 1.27. The quantitative estimate of drug-likeness (QED) is 0.314. The number of benzene rings is 1. The molecule has 1 aromatic heterocycles. The van der Waals surface area contributed by atoms with Crippen molar-refractivity contribution in [1.82, 2.24) is 5.32 Å². The highest BCUT2D eigenvalue weighted by Gasteiger charge is 2.24. The van der Waals surface area contributed by atoms with Gasteiger partial charge in [-0.15, -0.1) is 0 Å². The predicted molar refractivity (Wildman–Crippen MR) is 143 cm³/mol. The number of carbonyl (C=O) groups is 2. The summed E-state index contributed by atoms with van der Waals surface area (Å²) in [5.41, 5.74) is -0.207. The van der Waals surface area contributed by atoms with Crippen LogP contribution in [-0.2, 0) is 4.74 Å². The van der Waals surface area contributed by atoms with Gasteiger partial charge >= 0.3 is 11.7 Å². The summed E-state index contributed by atoms with van der Waals surface area (Å²) in [5.74, 6) is -0.000517. The van der Waals surface area contributed by atoms with Gasteiger partial charge in [-0.05, 0) is 42.9 Å². The first-order valence-electron chi connectivity index (χ1n) is 12.4. The van der Waals surface area contributed by atoms with Crippen LogP contribution >= 0.6 is 0 Å². The number of nitrogens with one attached hydrogen (secondary N) is 1. The van der Waals surface area contributed by atoms with E-state index in [9.17, 15) is 19.5 Å². The molecule has 8 heteroatoms. The number of methoxy groups -OCH3 is 1. The number of aromatic hydroxyl groups is 1. The number of Topliss-reactive ketones (excluding diaryl/α,β-unsaturated/α-hetero) is 1. The molecule has 200 valence electrons. The number of amides is 1. The zero-order chi connectivity index (χ0) is 27.4. The molecule has 0 radical (unpaired) electrons. The topological polar surface area (TPSA) is 115 Å². The number of ether oxygens (including phenoxy) is 2. The number of hydrogen-bond donors (Lipinski definition) is 2. The molecule has 1 amide bonds. The second-order valence-corrected chi connectivity index (χ2v) is 9.39. The van der Waals surface area contributed by atoms with Gasteiger partial charge in [-0.1, -0.05) is 58.1 Å². The van der Waals surface area contributed by atoms with Crippen molar-refractivity contribution in [2.24, 2.45) is 11.8 Å². The number of ketones is 1. The predicted octanol–water partition coefficient (Wildman–Crippen LogP) is 6.06. The van der Waals surface area contributed by atoms with Gasteiger partial charge in [0.1, 0.15) is 22.8 Å². The average molecular weight is 512 g/mol. The smallest absolute Gasteiger partial charge is 0.410 e. The van der Waals surface area contributed by atoms with Crippen molar-refractivity contribution >= 4 is 18.0 Å². The maximum atomic E-state index is 12.9. The van der Waals surface area contributed by atoms with Gasteiger partial charge in [-0.3, -0.25) is 10.1 Å². The summed E-state index contributed by atoms with van der Waals surface area (Å²) in [4.78, 5) is 36.5. The summed E-state index contributed by atoms with van der Waals surface area (Å²) in [6.45, 7) is 8.39. The summed E-state index contributed by atoms with van der Waals surface area (Å²) < 4.78 is 15.5. The molecule has 0 spiro atoms. The molecule has 2 N–H and O–H groups in total. The summed E-state index contributed by atoms with van der Waals surface area (Å²) in [5, 5.41) is 12.9. The van der Waals surface area contributed by atoms with Gasteiger partial charge in [0.2, 0.25) is 0 Å². The fraction of sp³-hybridized carbons (Fsp3) is 0.414. The van der Waals surface area contributed by atoms with Crippen molar-refractivity contribution < 1.29 is 28.6 Å². The van der Waals surface area contributed by atoms with Gasteiger partial charge in [0.25, 0.3) is 0 Å². The molecule has 1 aromatic carbocycles. The van der Waals surface area contributed by atoms with Crippen LogP contribution in [0.3, 0.4) is 0 Å². The first-order valence-corrected chi connectivity index (χ1v) is 12.4. The second kappa shape index (κ2) is 14.7. The van der Waals surface area contributed by atoms with Crippen molar-refractivity contribution in [3.05, 3.63) is 76.0 Å². The summed E-state index contributed by atoms with van der Waals surface area (Å²) in [6, 6.07) is 9.01. The second-order valence-electron chi connectivity index (χ2n) is 9.39. The van der Waals surface area contributed by atoms with E-state index in [2.05, 4.69) is 23.9 Å². The number of allylic oxidation sites excluding steroid dienone is 2. The van der Waals surface area contributed by atoms with Crippen LogP contribution in [0.5, 0.6) is 11.5 Å². The normalized spacial score (nSPS) is 13.1. The van der Waals surface area contributed by atoms with Gasteiger partial charge in [0, 0.05) is 24.1 Å². The zero-order valence-corrected chi connectivity index (χ0v) is 22.2. The first-order chi connectivity index (χ1) is 17.6. The fourth-order valence-electron chi connectivity index (χ4n) is 3.43. The SMILES string of the molecule is COC(=O)N/C=C/CCC(C)c1cc(O)c(C(=O)C(C)CC=Cc2ccc(OCC(C)C)cc2)c(=O)o1. The Labute approximate surface area is 218 Å². The summed E-state index contributed by atoms with van der Waals surface area (Å²) in [6.07, 6.45) is 8.01. The molecular formula is C29H37NO7. The number of alkyl carbamates (subject to hydrolysis) is 1. The minimum atomic E-state index is -0.845. The van der Waals surface area contributed by atoms with Crippen molar-refractivity contribution in [3.8, 4) is 11.5 Å². The molecule has 37 heavy (non-hydrogen) atoms. The summed E-state index contributed by atoms with van der Waals surface area (Å²) >= 11 is 0. The molecule has 0 fully saturated rings. The minimum Gasteiger partial charge on any atom is -0.507 e. The maximum Gasteiger partial charge on any atom is 0.410 e. The van der Waals surface area contributed by atoms with E-state index in [1.54, 1.807) is 13.0 Å². The largest absolute Gasteiger partial charge is 0.507 e. The van der Waals surface area contributed by atoms with Crippen molar-refractivity contribution in [2.75, 3.05) is 13.7 Å². The van der Waals surface area contributed by atoms with Crippen LogP contribution in [0.25, 0.3) is 6.08 Å². The van der Waals surface area contributed by atoms with E-state index in [0.29, 0.717) is 37.5 Å². The molecule has 2 unspecified atom stereocenters. The molecule has 0 saturated carbocycles. The van der Waals surface area contributed by atoms with E-state index in [4.69, 9.17) is 9.15 Å². The Kier molecular flexibility index (Phi) is 11.7. The lowest BCUT2D eigenvalue weighted by Gasteiger charge is -2.12. The third kappa shape index (κ3) is 9.63. The van der Waals surface area contributed by atoms with Crippen LogP contribution < -0.4 is 15.7 Å². The average Bonchev–Trinajstić information content (AvgIpc) is 2.86. The molecule has 0 saturated heterocycles. The molecule has 0 aliphatic heterocycles. The molecule has 0 aliphatic carbocycles. The van der Waals surface area contributed by atoms with Crippen LogP contribution in [0, 0.1) is 11.8 Å². The lowest BCUT2D eigenvalue weighted by molar-refractivity contribution is 0.0923. The van der Waals surface area contributed by atoms with Crippen LogP contribution in [0.15, 0.2) is 57.9 Å². The Morgan fingerprint density at radius 2 is 1.81 bits per heavy atom. The van der Waals surface area contributed by atoms with Crippen LogP contribution in [0.2, 0.25) is 0 Å². The Morgan fingerprint density at radius 3 is 2.43 bits per heavy atom. The Hall–Kier alpha value is -3.81. The van der Waals surface area contributed by atoms with Gasteiger partial charge in [0.05, 0.1) is 13.7 Å². The lowest BCUT2D eigenvalue weighted by atomic mass is 9.95. The number of carbonyl (C=O) groups excluding carboxylic acids is 2. The van der Waals surface area contributed by atoms with E-state index in [1.807, 2.05) is 43.3 Å². The Bertz CT molecular complexity index is 1150. The van der Waals surface area contributed by atoms with Crippen LogP contribution in [-0.4, -0.2) is 30.7 Å². The third-order valence-corrected chi connectivity index (χ3v) is 5.66. The number of hydrogen-bond acceptors (Lipinski definition) is 7. The van der Waals surface area contributed by atoms with Gasteiger partial charge in [-0.2, -0.15) is 0 Å². The van der Waals surface area contributed by atoms with Crippen LogP contribution in [0.1, 0.15) is 74.6 Å². The Balaban J connectivity index is 1.95. The van der Waals surface area contributed by atoms with Gasteiger partial charge < -0.3 is 19.0 Å². The van der Waals surface area contributed by atoms with E-state index in [-0.39, 0.29) is 17.2 Å². The highest BCUT2D eigenvalue weighted by atomic mass is 16.5. The number of rotatable bonds is 13. The highest BCUT2D eigenvalue weighted by molar-refractivity contribution is 5.99. The van der Waals surface area contributed by atoms with Crippen molar-refractivity contribution in [1.29, 1.82) is 0 Å². The molecule has 2 atom stereocenters. The Morgan fingerprint density at radius 1 is 1.11 bits per heavy atom. The van der Waals surface area contributed by atoms with Gasteiger partial charge in [-0.25, -0.2) is 9.59 Å². The van der Waals surface area contributed by atoms with E-state index in [1.165, 1.54) is 19.4 Å². The molecule has 2 aromatic rings. The third-order valence-electron chi connectivity index (χ3n) is 5.66. The maximum absolute atomic E-state index is 12.9. The lowest BCUT2D eigenvalue weighted by Crippen LogP contribution is -2.20. The minimum absolute atomic E-state index is 0.187. The molecule has 2 rings (SSSR count). The molecule has 0 aliphatic rings. The van der Waals surface area contributed by atoms with Crippen molar-refractivity contribution in [3.63, 3.8) is 0 Å². The molecule has 1 heterocycles.